The van der Waals surface area contributed by atoms with Crippen LogP contribution in [0.2, 0.25) is 0 Å². The van der Waals surface area contributed by atoms with Crippen molar-refractivity contribution in [2.45, 2.75) is 25.4 Å². The van der Waals surface area contributed by atoms with E-state index in [9.17, 15) is 0 Å². The molecule has 0 saturated carbocycles. The zero-order valence-corrected chi connectivity index (χ0v) is 11.9. The second-order valence-corrected chi connectivity index (χ2v) is 5.87. The molecule has 2 aromatic carbocycles. The van der Waals surface area contributed by atoms with Crippen LogP contribution in [0, 0.1) is 0 Å². The van der Waals surface area contributed by atoms with Gasteiger partial charge in [0.1, 0.15) is 0 Å². The van der Waals surface area contributed by atoms with Crippen LogP contribution < -0.4 is 5.32 Å². The highest BCUT2D eigenvalue weighted by Gasteiger charge is 2.24. The van der Waals surface area contributed by atoms with E-state index < -0.39 is 0 Å². The minimum Gasteiger partial charge on any atom is -0.303 e. The predicted molar refractivity (Wildman–Crippen MR) is 78.7 cm³/mol. The lowest BCUT2D eigenvalue weighted by atomic mass is 9.87. The number of hydrogen-bond donors (Lipinski definition) is 1. The molecule has 92 valence electrons. The smallest absolute Gasteiger partial charge is 0.0581 e. The second-order valence-electron chi connectivity index (χ2n) is 4.96. The summed E-state index contributed by atoms with van der Waals surface area (Å²) in [6, 6.07) is 18.2. The van der Waals surface area contributed by atoms with Crippen LogP contribution in [-0.4, -0.2) is 6.04 Å². The summed E-state index contributed by atoms with van der Waals surface area (Å²) in [5.41, 5.74) is 4.21. The van der Waals surface area contributed by atoms with E-state index in [0.717, 1.165) is 10.9 Å². The number of nitrogens with one attached hydrogen (secondary N) is 1. The monoisotopic (exact) mass is 301 g/mol. The molecular weight excluding hydrogens is 286 g/mol. The van der Waals surface area contributed by atoms with Crippen LogP contribution in [0.5, 0.6) is 0 Å². The van der Waals surface area contributed by atoms with Crippen molar-refractivity contribution in [2.75, 3.05) is 0 Å². The molecule has 1 N–H and O–H groups in total. The van der Waals surface area contributed by atoms with Gasteiger partial charge in [-0.05, 0) is 42.2 Å². The number of fused-ring (bicyclic) bond motifs is 1. The van der Waals surface area contributed by atoms with Crippen molar-refractivity contribution in [3.05, 3.63) is 69.7 Å². The Balaban J connectivity index is 2.04. The lowest BCUT2D eigenvalue weighted by Crippen LogP contribution is -2.37. The molecule has 0 unspecified atom stereocenters. The van der Waals surface area contributed by atoms with Gasteiger partial charge in [0.2, 0.25) is 0 Å². The third-order valence-corrected chi connectivity index (χ3v) is 4.08. The van der Waals surface area contributed by atoms with E-state index in [4.69, 9.17) is 0 Å². The highest BCUT2D eigenvalue weighted by Crippen LogP contribution is 2.30. The van der Waals surface area contributed by atoms with E-state index in [1.54, 1.807) is 0 Å². The largest absolute Gasteiger partial charge is 0.303 e. The number of hydrogen-bond acceptors (Lipinski definition) is 1. The average Bonchev–Trinajstić information content (AvgIpc) is 2.38. The van der Waals surface area contributed by atoms with Gasteiger partial charge < -0.3 is 5.32 Å². The average molecular weight is 302 g/mol. The summed E-state index contributed by atoms with van der Waals surface area (Å²) in [5, 5.41) is 3.69. The van der Waals surface area contributed by atoms with Crippen LogP contribution in [0.3, 0.4) is 0 Å². The van der Waals surface area contributed by atoms with Gasteiger partial charge in [-0.1, -0.05) is 52.3 Å². The SMILES string of the molecule is C[C@H]1Cc2ccccc2[C@@H](c2ccc(Br)cc2)N1. The van der Waals surface area contributed by atoms with E-state index in [0.29, 0.717) is 12.1 Å². The Hall–Kier alpha value is -1.12. The van der Waals surface area contributed by atoms with Gasteiger partial charge in [0, 0.05) is 10.5 Å². The van der Waals surface area contributed by atoms with Crippen LogP contribution >= 0.6 is 15.9 Å². The molecule has 1 aliphatic heterocycles. The Bertz CT molecular complexity index is 547. The van der Waals surface area contributed by atoms with Crippen LogP contribution in [0.25, 0.3) is 0 Å². The molecule has 0 amide bonds. The molecule has 2 heteroatoms. The molecule has 0 spiro atoms. The maximum atomic E-state index is 3.69. The first-order valence-corrected chi connectivity index (χ1v) is 7.12. The van der Waals surface area contributed by atoms with Gasteiger partial charge in [-0.25, -0.2) is 0 Å². The second kappa shape index (κ2) is 4.87. The lowest BCUT2D eigenvalue weighted by molar-refractivity contribution is 0.464. The molecule has 1 aliphatic rings. The summed E-state index contributed by atoms with van der Waals surface area (Å²) in [6.45, 7) is 2.25. The maximum absolute atomic E-state index is 3.69. The van der Waals surface area contributed by atoms with Crippen molar-refractivity contribution in [1.29, 1.82) is 0 Å². The van der Waals surface area contributed by atoms with E-state index in [-0.39, 0.29) is 0 Å². The Morgan fingerprint density at radius 2 is 1.78 bits per heavy atom. The predicted octanol–water partition coefficient (Wildman–Crippen LogP) is 4.07. The van der Waals surface area contributed by atoms with Crippen LogP contribution in [0.1, 0.15) is 29.7 Å². The van der Waals surface area contributed by atoms with Gasteiger partial charge >= 0.3 is 0 Å². The minimum atomic E-state index is 0.318. The highest BCUT2D eigenvalue weighted by atomic mass is 79.9. The van der Waals surface area contributed by atoms with E-state index >= 15 is 0 Å². The number of rotatable bonds is 1. The summed E-state index contributed by atoms with van der Waals surface area (Å²) in [7, 11) is 0. The first-order valence-electron chi connectivity index (χ1n) is 6.33. The first kappa shape index (κ1) is 11.9. The van der Waals surface area contributed by atoms with Gasteiger partial charge in [0.25, 0.3) is 0 Å². The summed E-state index contributed by atoms with van der Waals surface area (Å²) >= 11 is 3.49. The van der Waals surface area contributed by atoms with Crippen LogP contribution in [0.15, 0.2) is 53.0 Å². The summed E-state index contributed by atoms with van der Waals surface area (Å²) in [6.07, 6.45) is 1.11. The molecule has 0 saturated heterocycles. The Morgan fingerprint density at radius 1 is 1.06 bits per heavy atom. The highest BCUT2D eigenvalue weighted by molar-refractivity contribution is 9.10. The lowest BCUT2D eigenvalue weighted by Gasteiger charge is -2.31. The molecule has 0 aromatic heterocycles. The third-order valence-electron chi connectivity index (χ3n) is 3.55. The van der Waals surface area contributed by atoms with Gasteiger partial charge in [-0.3, -0.25) is 0 Å². The molecule has 1 nitrogen and oxygen atoms in total. The molecule has 18 heavy (non-hydrogen) atoms. The molecule has 1 heterocycles. The van der Waals surface area contributed by atoms with Crippen molar-refractivity contribution >= 4 is 15.9 Å². The Morgan fingerprint density at radius 3 is 2.56 bits per heavy atom. The van der Waals surface area contributed by atoms with E-state index in [2.05, 4.69) is 76.7 Å². The number of halogens is 1. The van der Waals surface area contributed by atoms with Crippen molar-refractivity contribution in [3.8, 4) is 0 Å². The van der Waals surface area contributed by atoms with E-state index in [1.807, 2.05) is 0 Å². The molecule has 0 fully saturated rings. The Labute approximate surface area is 116 Å². The van der Waals surface area contributed by atoms with E-state index in [1.165, 1.54) is 16.7 Å². The molecule has 3 rings (SSSR count). The standard InChI is InChI=1S/C16H16BrN/c1-11-10-13-4-2-3-5-15(13)16(18-11)12-6-8-14(17)9-7-12/h2-9,11,16,18H,10H2,1H3/t11-,16+/m0/s1. The summed E-state index contributed by atoms with van der Waals surface area (Å²) < 4.78 is 1.13. The van der Waals surface area contributed by atoms with Crippen molar-refractivity contribution in [1.82, 2.24) is 5.32 Å². The van der Waals surface area contributed by atoms with Crippen molar-refractivity contribution in [2.24, 2.45) is 0 Å². The normalized spacial score (nSPS) is 22.6. The topological polar surface area (TPSA) is 12.0 Å². The summed E-state index contributed by atoms with van der Waals surface area (Å²) in [4.78, 5) is 0. The first-order chi connectivity index (χ1) is 8.74. The van der Waals surface area contributed by atoms with Crippen LogP contribution in [0.4, 0.5) is 0 Å². The van der Waals surface area contributed by atoms with Gasteiger partial charge in [0.05, 0.1) is 6.04 Å². The maximum Gasteiger partial charge on any atom is 0.0581 e. The molecular formula is C16H16BrN. The van der Waals surface area contributed by atoms with Gasteiger partial charge in [0.15, 0.2) is 0 Å². The molecule has 0 bridgehead atoms. The minimum absolute atomic E-state index is 0.318. The third kappa shape index (κ3) is 2.23. The molecule has 2 atom stereocenters. The molecule has 0 radical (unpaired) electrons. The number of benzene rings is 2. The zero-order valence-electron chi connectivity index (χ0n) is 10.4. The molecule has 0 aliphatic carbocycles. The van der Waals surface area contributed by atoms with Gasteiger partial charge in [-0.15, -0.1) is 0 Å². The zero-order chi connectivity index (χ0) is 12.5. The fourth-order valence-electron chi connectivity index (χ4n) is 2.70. The van der Waals surface area contributed by atoms with Crippen molar-refractivity contribution in [3.63, 3.8) is 0 Å². The quantitative estimate of drug-likeness (QED) is 0.837. The van der Waals surface area contributed by atoms with Gasteiger partial charge in [-0.2, -0.15) is 0 Å². The van der Waals surface area contributed by atoms with Crippen LogP contribution in [-0.2, 0) is 6.42 Å². The molecule has 2 aromatic rings. The van der Waals surface area contributed by atoms with Crippen molar-refractivity contribution < 1.29 is 0 Å². The summed E-state index contributed by atoms with van der Waals surface area (Å²) in [5.74, 6) is 0. The Kier molecular flexibility index (Phi) is 3.23. The fourth-order valence-corrected chi connectivity index (χ4v) is 2.96. The fraction of sp³-hybridized carbons (Fsp3) is 0.250.